The van der Waals surface area contributed by atoms with Crippen LogP contribution in [-0.4, -0.2) is 46.3 Å². The zero-order valence-electron chi connectivity index (χ0n) is 16.7. The minimum atomic E-state index is -1.70. The summed E-state index contributed by atoms with van der Waals surface area (Å²) in [6.07, 6.45) is 13.5. The normalized spacial score (nSPS) is 25.3. The topological polar surface area (TPSA) is 110 Å². The summed E-state index contributed by atoms with van der Waals surface area (Å²) in [7, 11) is 0. The Hall–Kier alpha value is -1.24. The monoisotopic (exact) mass is 383 g/mol. The van der Waals surface area contributed by atoms with E-state index in [9.17, 15) is 14.7 Å². The Kier molecular flexibility index (Phi) is 11.5. The Morgan fingerprint density at radius 3 is 2.33 bits per heavy atom. The Morgan fingerprint density at radius 2 is 1.74 bits per heavy atom. The first-order valence-corrected chi connectivity index (χ1v) is 10.4. The summed E-state index contributed by atoms with van der Waals surface area (Å²) < 4.78 is 5.05. The van der Waals surface area contributed by atoms with Crippen molar-refractivity contribution in [2.75, 3.05) is 6.61 Å². The molecular formula is C21H37NO5. The summed E-state index contributed by atoms with van der Waals surface area (Å²) in [6.45, 7) is 1.54. The van der Waals surface area contributed by atoms with Gasteiger partial charge in [0.05, 0.1) is 6.61 Å². The van der Waals surface area contributed by atoms with Gasteiger partial charge < -0.3 is 20.7 Å². The third-order valence-electron chi connectivity index (χ3n) is 5.20. The van der Waals surface area contributed by atoms with Crippen LogP contribution in [0.1, 0.15) is 84.0 Å². The zero-order valence-corrected chi connectivity index (χ0v) is 16.7. The van der Waals surface area contributed by atoms with Crippen molar-refractivity contribution < 1.29 is 24.5 Å². The van der Waals surface area contributed by atoms with Crippen LogP contribution < -0.4 is 5.73 Å². The van der Waals surface area contributed by atoms with E-state index in [0.29, 0.717) is 18.6 Å². The van der Waals surface area contributed by atoms with Gasteiger partial charge in [-0.2, -0.15) is 0 Å². The van der Waals surface area contributed by atoms with Gasteiger partial charge in [-0.1, -0.05) is 51.2 Å². The first-order valence-electron chi connectivity index (χ1n) is 10.4. The minimum Gasteiger partial charge on any atom is -0.458 e. The fraction of sp³-hybridized carbons (Fsp3) is 0.810. The molecule has 156 valence electrons. The van der Waals surface area contributed by atoms with Gasteiger partial charge in [-0.25, -0.2) is 4.79 Å². The smallest absolute Gasteiger partial charge is 0.331 e. The molecule has 0 radical (unpaired) electrons. The highest BCUT2D eigenvalue weighted by molar-refractivity contribution is 5.84. The molecule has 0 unspecified atom stereocenters. The molecule has 4 N–H and O–H groups in total. The van der Waals surface area contributed by atoms with Crippen molar-refractivity contribution in [3.63, 3.8) is 0 Å². The highest BCUT2D eigenvalue weighted by Crippen LogP contribution is 2.26. The van der Waals surface area contributed by atoms with Gasteiger partial charge in [-0.3, -0.25) is 4.79 Å². The van der Waals surface area contributed by atoms with Crippen molar-refractivity contribution in [3.05, 3.63) is 12.2 Å². The van der Waals surface area contributed by atoms with Gasteiger partial charge >= 0.3 is 5.97 Å². The molecule has 6 nitrogen and oxygen atoms in total. The van der Waals surface area contributed by atoms with Gasteiger partial charge in [0.15, 0.2) is 5.54 Å². The van der Waals surface area contributed by atoms with Gasteiger partial charge in [0.2, 0.25) is 0 Å². The number of hydrogen-bond donors (Lipinski definition) is 3. The molecule has 0 saturated carbocycles. The molecule has 1 rings (SSSR count). The van der Waals surface area contributed by atoms with Crippen LogP contribution in [0.4, 0.5) is 0 Å². The van der Waals surface area contributed by atoms with Crippen LogP contribution in [0.25, 0.3) is 0 Å². The number of cyclic esters (lactones) is 1. The van der Waals surface area contributed by atoms with Gasteiger partial charge in [0, 0.05) is 19.3 Å². The lowest BCUT2D eigenvalue weighted by Gasteiger charge is -2.21. The second-order valence-electron chi connectivity index (χ2n) is 7.60. The number of rotatable bonds is 15. The van der Waals surface area contributed by atoms with E-state index < -0.39 is 30.3 Å². The zero-order chi connectivity index (χ0) is 20.1. The number of Topliss-reactive ketones (excluding diaryl/α,β-unsaturated/α-hetero) is 1. The number of unbranched alkanes of at least 4 members (excludes halogenated alkanes) is 7. The van der Waals surface area contributed by atoms with E-state index in [0.717, 1.165) is 51.4 Å². The standard InChI is InChI=1S/C21H37NO5/c1-2-3-4-10-13-17(24)14-11-8-6-5-7-9-12-15-18-19(25)21(22,16-23)20(26)27-18/h9,12,18-19,23,25H,2-8,10-11,13-16,22H2,1H3/b12-9+/t18-,19+,21-/m1/s1. The summed E-state index contributed by atoms with van der Waals surface area (Å²) >= 11 is 0. The molecule has 1 heterocycles. The van der Waals surface area contributed by atoms with Crippen molar-refractivity contribution in [1.82, 2.24) is 0 Å². The average Bonchev–Trinajstić information content (AvgIpc) is 2.88. The van der Waals surface area contributed by atoms with Crippen molar-refractivity contribution in [1.29, 1.82) is 0 Å². The summed E-state index contributed by atoms with van der Waals surface area (Å²) in [4.78, 5) is 23.3. The summed E-state index contributed by atoms with van der Waals surface area (Å²) in [6, 6.07) is 0. The van der Waals surface area contributed by atoms with Crippen LogP contribution in [0, 0.1) is 0 Å². The van der Waals surface area contributed by atoms with E-state index >= 15 is 0 Å². The average molecular weight is 384 g/mol. The van der Waals surface area contributed by atoms with E-state index in [1.165, 1.54) is 12.8 Å². The largest absolute Gasteiger partial charge is 0.458 e. The maximum absolute atomic E-state index is 11.7. The maximum Gasteiger partial charge on any atom is 0.331 e. The number of ether oxygens (including phenoxy) is 1. The number of esters is 1. The number of nitrogens with two attached hydrogens (primary N) is 1. The fourth-order valence-electron chi connectivity index (χ4n) is 3.26. The van der Waals surface area contributed by atoms with E-state index in [2.05, 4.69) is 6.92 Å². The SMILES string of the molecule is CCCCCCC(=O)CCCCCC/C=C/C[C@H]1OC(=O)[C@@](N)(CO)[C@H]1O. The van der Waals surface area contributed by atoms with Crippen molar-refractivity contribution in [2.45, 2.75) is 102 Å². The summed E-state index contributed by atoms with van der Waals surface area (Å²) in [5, 5.41) is 19.2. The van der Waals surface area contributed by atoms with Crippen LogP contribution in [0.5, 0.6) is 0 Å². The molecule has 1 saturated heterocycles. The second-order valence-corrected chi connectivity index (χ2v) is 7.60. The molecule has 0 aromatic rings. The van der Waals surface area contributed by atoms with Crippen LogP contribution >= 0.6 is 0 Å². The van der Waals surface area contributed by atoms with Crippen molar-refractivity contribution in [3.8, 4) is 0 Å². The number of aliphatic hydroxyl groups is 2. The Bertz CT molecular complexity index is 479. The highest BCUT2D eigenvalue weighted by atomic mass is 16.6. The number of ketones is 1. The van der Waals surface area contributed by atoms with Gasteiger partial charge in [-0.05, 0) is 25.7 Å². The van der Waals surface area contributed by atoms with E-state index in [1.54, 1.807) is 0 Å². The molecule has 0 aliphatic carbocycles. The number of aliphatic hydroxyl groups excluding tert-OH is 2. The Morgan fingerprint density at radius 1 is 1.11 bits per heavy atom. The predicted molar refractivity (Wildman–Crippen MR) is 105 cm³/mol. The molecule has 0 aromatic carbocycles. The number of hydrogen-bond acceptors (Lipinski definition) is 6. The summed E-state index contributed by atoms with van der Waals surface area (Å²) in [5.41, 5.74) is 3.97. The number of carbonyl (C=O) groups is 2. The Labute approximate surface area is 163 Å². The third kappa shape index (κ3) is 8.11. The molecule has 3 atom stereocenters. The van der Waals surface area contributed by atoms with Crippen LogP contribution in [0.15, 0.2) is 12.2 Å². The van der Waals surface area contributed by atoms with Crippen LogP contribution in [0.2, 0.25) is 0 Å². The second kappa shape index (κ2) is 13.0. The molecule has 27 heavy (non-hydrogen) atoms. The van der Waals surface area contributed by atoms with Gasteiger partial charge in [0.25, 0.3) is 0 Å². The lowest BCUT2D eigenvalue weighted by Crippen LogP contribution is -2.57. The highest BCUT2D eigenvalue weighted by Gasteiger charge is 2.53. The first-order chi connectivity index (χ1) is 13.0. The fourth-order valence-corrected chi connectivity index (χ4v) is 3.26. The van der Waals surface area contributed by atoms with Crippen LogP contribution in [0.3, 0.4) is 0 Å². The molecule has 0 aromatic heterocycles. The van der Waals surface area contributed by atoms with Crippen molar-refractivity contribution in [2.24, 2.45) is 5.73 Å². The molecule has 0 bridgehead atoms. The molecule has 6 heteroatoms. The lowest BCUT2D eigenvalue weighted by atomic mass is 9.93. The predicted octanol–water partition coefficient (Wildman–Crippen LogP) is 2.79. The molecule has 1 aliphatic heterocycles. The van der Waals surface area contributed by atoms with Crippen molar-refractivity contribution >= 4 is 11.8 Å². The Balaban J connectivity index is 2.03. The minimum absolute atomic E-state index is 0.387. The van der Waals surface area contributed by atoms with E-state index in [4.69, 9.17) is 15.6 Å². The van der Waals surface area contributed by atoms with Crippen LogP contribution in [-0.2, 0) is 14.3 Å². The molecule has 1 fully saturated rings. The lowest BCUT2D eigenvalue weighted by molar-refractivity contribution is -0.146. The maximum atomic E-state index is 11.7. The molecule has 0 spiro atoms. The van der Waals surface area contributed by atoms with E-state index in [1.807, 2.05) is 12.2 Å². The molecule has 0 amide bonds. The number of allylic oxidation sites excluding steroid dienone is 1. The quantitative estimate of drug-likeness (QED) is 0.228. The third-order valence-corrected chi connectivity index (χ3v) is 5.20. The molecular weight excluding hydrogens is 346 g/mol. The summed E-state index contributed by atoms with van der Waals surface area (Å²) in [5.74, 6) is -0.356. The van der Waals surface area contributed by atoms with Gasteiger partial charge in [-0.15, -0.1) is 0 Å². The first kappa shape index (κ1) is 23.8. The number of carbonyl (C=O) groups excluding carboxylic acids is 2. The van der Waals surface area contributed by atoms with E-state index in [-0.39, 0.29) is 0 Å². The van der Waals surface area contributed by atoms with Gasteiger partial charge in [0.1, 0.15) is 18.0 Å². The molecule has 1 aliphatic rings.